The first kappa shape index (κ1) is 36.2. The molecule has 2 N–H and O–H groups in total. The van der Waals surface area contributed by atoms with Gasteiger partial charge in [0.05, 0.1) is 24.4 Å². The number of halogens is 3. The summed E-state index contributed by atoms with van der Waals surface area (Å²) in [6, 6.07) is 23.8. The van der Waals surface area contributed by atoms with Gasteiger partial charge in [-0.05, 0) is 95.9 Å². The minimum atomic E-state index is -3.77. The first-order valence-corrected chi connectivity index (χ1v) is 18.1. The Morgan fingerprint density at radius 3 is 2.09 bits per heavy atom. The maximum atomic E-state index is 16.7. The quantitative estimate of drug-likeness (QED) is 0.206. The Morgan fingerprint density at radius 2 is 1.45 bits per heavy atom. The molecule has 2 aromatic heterocycles. The molecule has 2 aliphatic rings. The average Bonchev–Trinajstić information content (AvgIpc) is 3.80. The topological polar surface area (TPSA) is 130 Å². The first-order chi connectivity index (χ1) is 26.3. The second-order valence-corrected chi connectivity index (χ2v) is 14.8. The van der Waals surface area contributed by atoms with E-state index in [9.17, 15) is 19.4 Å². The summed E-state index contributed by atoms with van der Waals surface area (Å²) in [6.07, 6.45) is 1.75. The molecule has 0 saturated carbocycles. The van der Waals surface area contributed by atoms with Crippen LogP contribution in [0, 0.1) is 5.82 Å². The molecular formula is C40H40F3N9O3. The summed E-state index contributed by atoms with van der Waals surface area (Å²) in [5, 5.41) is 37.2. The monoisotopic (exact) mass is 751 g/mol. The van der Waals surface area contributed by atoms with E-state index in [2.05, 4.69) is 30.4 Å². The second-order valence-electron chi connectivity index (χ2n) is 14.8. The SMILES string of the molecule is CCc1cc(-c2ccc(N3CCN(c4ccc(-n5cnn(CC(C)(C)O)c5=O)cc4)CC3)cc2)ccc1C(F)(F)[C@]1(O)Cn2nnnc2-c2cc(F)ccc21. The van der Waals surface area contributed by atoms with E-state index in [1.807, 2.05) is 48.5 Å². The largest absolute Gasteiger partial charge is 0.389 e. The molecule has 0 spiro atoms. The number of piperazine rings is 1. The molecule has 1 atom stereocenters. The molecule has 6 aromatic rings. The molecule has 4 heterocycles. The molecule has 15 heteroatoms. The lowest BCUT2D eigenvalue weighted by Crippen LogP contribution is -2.49. The predicted octanol–water partition coefficient (Wildman–Crippen LogP) is 5.15. The number of aryl methyl sites for hydroxylation is 1. The van der Waals surface area contributed by atoms with Gasteiger partial charge in [-0.25, -0.2) is 23.1 Å². The zero-order valence-electron chi connectivity index (χ0n) is 30.6. The van der Waals surface area contributed by atoms with Gasteiger partial charge in [0.15, 0.2) is 11.4 Å². The zero-order valence-corrected chi connectivity index (χ0v) is 30.6. The molecule has 0 radical (unpaired) electrons. The van der Waals surface area contributed by atoms with Crippen LogP contribution in [0.5, 0.6) is 0 Å². The van der Waals surface area contributed by atoms with Crippen molar-refractivity contribution in [3.8, 4) is 28.2 Å². The highest BCUT2D eigenvalue weighted by molar-refractivity contribution is 5.69. The molecule has 0 aliphatic carbocycles. The van der Waals surface area contributed by atoms with Gasteiger partial charge in [0.2, 0.25) is 0 Å². The maximum absolute atomic E-state index is 16.7. The van der Waals surface area contributed by atoms with E-state index in [1.165, 1.54) is 27.7 Å². The summed E-state index contributed by atoms with van der Waals surface area (Å²) in [6.45, 7) is 7.71. The third kappa shape index (κ3) is 6.46. The Bertz CT molecular complexity index is 2410. The summed E-state index contributed by atoms with van der Waals surface area (Å²) in [5.74, 6) is -4.31. The number of fused-ring (bicyclic) bond motifs is 3. The van der Waals surface area contributed by atoms with Crippen molar-refractivity contribution in [3.63, 3.8) is 0 Å². The van der Waals surface area contributed by atoms with Gasteiger partial charge in [-0.1, -0.05) is 43.3 Å². The van der Waals surface area contributed by atoms with Gasteiger partial charge in [0.1, 0.15) is 12.1 Å². The fourth-order valence-corrected chi connectivity index (χ4v) is 7.63. The van der Waals surface area contributed by atoms with Crippen LogP contribution in [0.15, 0.2) is 96.1 Å². The maximum Gasteiger partial charge on any atom is 0.350 e. The molecule has 4 aromatic carbocycles. The van der Waals surface area contributed by atoms with Crippen LogP contribution in [0.2, 0.25) is 0 Å². The van der Waals surface area contributed by atoms with E-state index in [-0.39, 0.29) is 34.7 Å². The van der Waals surface area contributed by atoms with Gasteiger partial charge >= 0.3 is 11.6 Å². The minimum Gasteiger partial charge on any atom is -0.389 e. The fraction of sp³-hybridized carbons (Fsp3) is 0.325. The molecule has 284 valence electrons. The third-order valence-corrected chi connectivity index (χ3v) is 10.5. The van der Waals surface area contributed by atoms with Crippen LogP contribution in [0.3, 0.4) is 0 Å². The summed E-state index contributed by atoms with van der Waals surface area (Å²) >= 11 is 0. The van der Waals surface area contributed by atoms with E-state index in [4.69, 9.17) is 0 Å². The smallest absolute Gasteiger partial charge is 0.350 e. The van der Waals surface area contributed by atoms with Gasteiger partial charge in [0, 0.05) is 54.2 Å². The van der Waals surface area contributed by atoms with E-state index in [0.717, 1.165) is 65.5 Å². The molecule has 55 heavy (non-hydrogen) atoms. The summed E-state index contributed by atoms with van der Waals surface area (Å²) in [7, 11) is 0. The van der Waals surface area contributed by atoms with Gasteiger partial charge in [-0.15, -0.1) is 5.10 Å². The zero-order chi connectivity index (χ0) is 38.7. The second kappa shape index (κ2) is 13.5. The summed E-state index contributed by atoms with van der Waals surface area (Å²) in [5.41, 5.74) is 0.269. The van der Waals surface area contributed by atoms with Gasteiger partial charge < -0.3 is 20.0 Å². The first-order valence-electron chi connectivity index (χ1n) is 18.1. The van der Waals surface area contributed by atoms with Crippen molar-refractivity contribution in [1.82, 2.24) is 34.6 Å². The number of benzene rings is 4. The number of rotatable bonds is 9. The van der Waals surface area contributed by atoms with E-state index < -0.39 is 29.5 Å². The third-order valence-electron chi connectivity index (χ3n) is 10.5. The van der Waals surface area contributed by atoms with E-state index in [1.54, 1.807) is 32.9 Å². The number of hydrogen-bond acceptors (Lipinski definition) is 9. The van der Waals surface area contributed by atoms with Crippen LogP contribution in [0.1, 0.15) is 37.5 Å². The molecule has 0 amide bonds. The fourth-order valence-electron chi connectivity index (χ4n) is 7.63. The lowest BCUT2D eigenvalue weighted by molar-refractivity contribution is -0.205. The summed E-state index contributed by atoms with van der Waals surface area (Å²) < 4.78 is 51.4. The van der Waals surface area contributed by atoms with Crippen LogP contribution in [0.25, 0.3) is 28.2 Å². The Kier molecular flexibility index (Phi) is 8.88. The molecule has 2 aliphatic heterocycles. The van der Waals surface area contributed by atoms with E-state index >= 15 is 8.78 Å². The highest BCUT2D eigenvalue weighted by Gasteiger charge is 2.59. The lowest BCUT2D eigenvalue weighted by Gasteiger charge is -2.40. The van der Waals surface area contributed by atoms with Crippen molar-refractivity contribution >= 4 is 11.4 Å². The number of anilines is 2. The van der Waals surface area contributed by atoms with Gasteiger partial charge in [0.25, 0.3) is 0 Å². The van der Waals surface area contributed by atoms with Crippen molar-refractivity contribution in [2.75, 3.05) is 36.0 Å². The minimum absolute atomic E-state index is 0.0211. The number of aliphatic hydroxyl groups is 2. The number of alkyl halides is 2. The van der Waals surface area contributed by atoms with Gasteiger partial charge in [-0.2, -0.15) is 13.9 Å². The Labute approximate surface area is 314 Å². The van der Waals surface area contributed by atoms with Crippen molar-refractivity contribution in [1.29, 1.82) is 0 Å². The highest BCUT2D eigenvalue weighted by atomic mass is 19.3. The Hall–Kier alpha value is -5.80. The van der Waals surface area contributed by atoms with Crippen molar-refractivity contribution in [3.05, 3.63) is 124 Å². The molecule has 1 fully saturated rings. The number of hydrogen-bond donors (Lipinski definition) is 2. The Balaban J connectivity index is 0.950. The van der Waals surface area contributed by atoms with Crippen LogP contribution in [0.4, 0.5) is 24.5 Å². The van der Waals surface area contributed by atoms with Gasteiger partial charge in [-0.3, -0.25) is 0 Å². The normalized spacial score (nSPS) is 17.3. The average molecular weight is 752 g/mol. The molecule has 0 bridgehead atoms. The van der Waals surface area contributed by atoms with Crippen molar-refractivity contribution < 1.29 is 23.4 Å². The number of aromatic nitrogens is 7. The summed E-state index contributed by atoms with van der Waals surface area (Å²) in [4.78, 5) is 17.4. The van der Waals surface area contributed by atoms with Crippen LogP contribution >= 0.6 is 0 Å². The molecule has 0 unspecified atom stereocenters. The van der Waals surface area contributed by atoms with E-state index in [0.29, 0.717) is 17.7 Å². The highest BCUT2D eigenvalue weighted by Crippen LogP contribution is 2.52. The standard InChI is InChI=1S/C40H40F3N9O3/c1-4-26-21-28(7-15-34(26)40(42,43)39(55)24-51-36(45-46-47-51)33-22-29(41)8-16-35(33)39)27-5-9-30(10-6-27)48-17-19-49(20-18-48)31-11-13-32(14-12-31)50-25-44-52(37(50)53)23-38(2,3)54/h5-16,21-22,25,54-55H,4,17-20,23-24H2,1-3H3/t39-/m0/s1. The molecule has 12 nitrogen and oxygen atoms in total. The van der Waals surface area contributed by atoms with Crippen LogP contribution < -0.4 is 15.5 Å². The van der Waals surface area contributed by atoms with Crippen LogP contribution in [-0.2, 0) is 31.0 Å². The molecule has 8 rings (SSSR count). The van der Waals surface area contributed by atoms with Crippen molar-refractivity contribution in [2.24, 2.45) is 0 Å². The van der Waals surface area contributed by atoms with Crippen molar-refractivity contribution in [2.45, 2.75) is 57.4 Å². The predicted molar refractivity (Wildman–Crippen MR) is 201 cm³/mol. The Morgan fingerprint density at radius 1 is 0.836 bits per heavy atom. The molecular weight excluding hydrogens is 711 g/mol. The van der Waals surface area contributed by atoms with Crippen LogP contribution in [-0.4, -0.2) is 76.5 Å². The number of tetrazole rings is 1. The lowest BCUT2D eigenvalue weighted by atomic mass is 9.77. The number of nitrogens with zero attached hydrogens (tertiary/aromatic N) is 9. The molecule has 1 saturated heterocycles.